The molecule has 4 heteroatoms. The van der Waals surface area contributed by atoms with Crippen LogP contribution in [0.3, 0.4) is 0 Å². The fraction of sp³-hybridized carbons (Fsp3) is 0.167. The Morgan fingerprint density at radius 2 is 1.81 bits per heavy atom. The molecule has 0 unspecified atom stereocenters. The number of anilines is 3. The lowest BCUT2D eigenvalue weighted by molar-refractivity contribution is 1.16. The largest absolute Gasteiger partial charge is 0.396 e. The van der Waals surface area contributed by atoms with Gasteiger partial charge in [0, 0.05) is 5.69 Å². The number of hydrogen-bond donors (Lipinski definition) is 2. The Labute approximate surface area is 94.5 Å². The van der Waals surface area contributed by atoms with Crippen molar-refractivity contribution in [2.45, 2.75) is 13.8 Å². The molecule has 0 spiro atoms. The number of nitrogens with one attached hydrogen (secondary N) is 1. The van der Waals surface area contributed by atoms with Gasteiger partial charge in [-0.25, -0.2) is 9.97 Å². The summed E-state index contributed by atoms with van der Waals surface area (Å²) in [6.07, 6.45) is 3.17. The number of nitrogen functional groups attached to an aromatic ring is 1. The highest BCUT2D eigenvalue weighted by Crippen LogP contribution is 2.20. The van der Waals surface area contributed by atoms with Gasteiger partial charge in [-0.3, -0.25) is 0 Å². The lowest BCUT2D eigenvalue weighted by atomic mass is 10.1. The Hall–Kier alpha value is -2.10. The molecule has 0 saturated heterocycles. The first-order chi connectivity index (χ1) is 7.66. The smallest absolute Gasteiger partial charge is 0.227 e. The molecule has 3 N–H and O–H groups in total. The van der Waals surface area contributed by atoms with Gasteiger partial charge in [0.2, 0.25) is 5.95 Å². The van der Waals surface area contributed by atoms with Gasteiger partial charge in [0.25, 0.3) is 0 Å². The van der Waals surface area contributed by atoms with Gasteiger partial charge in [-0.15, -0.1) is 0 Å². The highest BCUT2D eigenvalue weighted by Gasteiger charge is 2.02. The predicted octanol–water partition coefficient (Wildman–Crippen LogP) is 2.42. The molecule has 0 aliphatic heterocycles. The van der Waals surface area contributed by atoms with Gasteiger partial charge in [-0.1, -0.05) is 12.1 Å². The summed E-state index contributed by atoms with van der Waals surface area (Å²) in [6, 6.07) is 6.08. The zero-order chi connectivity index (χ0) is 11.5. The molecule has 16 heavy (non-hydrogen) atoms. The van der Waals surface area contributed by atoms with Crippen LogP contribution in [0.1, 0.15) is 11.1 Å². The van der Waals surface area contributed by atoms with Gasteiger partial charge in [-0.2, -0.15) is 0 Å². The molecule has 1 aromatic heterocycles. The number of hydrogen-bond acceptors (Lipinski definition) is 4. The number of aromatic nitrogens is 2. The maximum Gasteiger partial charge on any atom is 0.227 e. The van der Waals surface area contributed by atoms with E-state index in [1.54, 1.807) is 12.4 Å². The third-order valence-corrected chi connectivity index (χ3v) is 2.52. The molecule has 1 heterocycles. The van der Waals surface area contributed by atoms with Crippen molar-refractivity contribution in [3.8, 4) is 0 Å². The minimum Gasteiger partial charge on any atom is -0.396 e. The van der Waals surface area contributed by atoms with Crippen LogP contribution in [-0.4, -0.2) is 9.97 Å². The molecule has 0 aliphatic carbocycles. The van der Waals surface area contributed by atoms with Crippen molar-refractivity contribution in [3.05, 3.63) is 41.7 Å². The Morgan fingerprint density at radius 3 is 2.50 bits per heavy atom. The van der Waals surface area contributed by atoms with E-state index in [9.17, 15) is 0 Å². The maximum absolute atomic E-state index is 5.52. The van der Waals surface area contributed by atoms with E-state index in [0.717, 1.165) is 5.69 Å². The van der Waals surface area contributed by atoms with E-state index in [2.05, 4.69) is 35.2 Å². The lowest BCUT2D eigenvalue weighted by Crippen LogP contribution is -2.00. The molecule has 0 bridgehead atoms. The topological polar surface area (TPSA) is 63.8 Å². The van der Waals surface area contributed by atoms with E-state index in [-0.39, 0.29) is 0 Å². The van der Waals surface area contributed by atoms with Gasteiger partial charge in [-0.05, 0) is 31.0 Å². The van der Waals surface area contributed by atoms with Crippen molar-refractivity contribution in [1.82, 2.24) is 9.97 Å². The second-order valence-corrected chi connectivity index (χ2v) is 3.71. The van der Waals surface area contributed by atoms with Crippen LogP contribution in [-0.2, 0) is 0 Å². The zero-order valence-corrected chi connectivity index (χ0v) is 9.36. The quantitative estimate of drug-likeness (QED) is 0.805. The Kier molecular flexibility index (Phi) is 2.72. The monoisotopic (exact) mass is 214 g/mol. The van der Waals surface area contributed by atoms with Crippen molar-refractivity contribution in [2.24, 2.45) is 0 Å². The molecule has 0 saturated carbocycles. The third-order valence-electron chi connectivity index (χ3n) is 2.52. The van der Waals surface area contributed by atoms with Gasteiger partial charge in [0.15, 0.2) is 0 Å². The van der Waals surface area contributed by atoms with Gasteiger partial charge in [0.1, 0.15) is 0 Å². The number of benzene rings is 1. The Bertz CT molecular complexity index is 491. The first kappa shape index (κ1) is 10.4. The average Bonchev–Trinajstić information content (AvgIpc) is 2.28. The molecule has 0 atom stereocenters. The molecule has 2 aromatic rings. The number of nitrogens with zero attached hydrogens (tertiary/aromatic N) is 2. The van der Waals surface area contributed by atoms with Crippen LogP contribution in [0.25, 0.3) is 0 Å². The molecule has 0 fully saturated rings. The van der Waals surface area contributed by atoms with Crippen LogP contribution in [0.4, 0.5) is 17.3 Å². The molecule has 2 rings (SSSR count). The summed E-state index contributed by atoms with van der Waals surface area (Å²) >= 11 is 0. The first-order valence-electron chi connectivity index (χ1n) is 5.07. The van der Waals surface area contributed by atoms with Crippen LogP contribution in [0.2, 0.25) is 0 Å². The average molecular weight is 214 g/mol. The second kappa shape index (κ2) is 4.18. The van der Waals surface area contributed by atoms with Crippen LogP contribution >= 0.6 is 0 Å². The Balaban J connectivity index is 2.27. The van der Waals surface area contributed by atoms with Crippen molar-refractivity contribution in [1.29, 1.82) is 0 Å². The van der Waals surface area contributed by atoms with Crippen LogP contribution in [0.5, 0.6) is 0 Å². The van der Waals surface area contributed by atoms with E-state index in [1.165, 1.54) is 11.1 Å². The predicted molar refractivity (Wildman–Crippen MR) is 65.6 cm³/mol. The van der Waals surface area contributed by atoms with Crippen LogP contribution < -0.4 is 11.1 Å². The van der Waals surface area contributed by atoms with Crippen molar-refractivity contribution in [2.75, 3.05) is 11.1 Å². The fourth-order valence-electron chi connectivity index (χ4n) is 1.41. The molecule has 0 amide bonds. The lowest BCUT2D eigenvalue weighted by Gasteiger charge is -2.09. The van der Waals surface area contributed by atoms with Crippen molar-refractivity contribution < 1.29 is 0 Å². The summed E-state index contributed by atoms with van der Waals surface area (Å²) in [5.74, 6) is 0.558. The fourth-order valence-corrected chi connectivity index (χ4v) is 1.41. The molecule has 0 aliphatic rings. The van der Waals surface area contributed by atoms with Crippen LogP contribution in [0.15, 0.2) is 30.6 Å². The summed E-state index contributed by atoms with van der Waals surface area (Å²) in [6.45, 7) is 4.14. The van der Waals surface area contributed by atoms with E-state index < -0.39 is 0 Å². The summed E-state index contributed by atoms with van der Waals surface area (Å²) in [5, 5.41) is 3.16. The second-order valence-electron chi connectivity index (χ2n) is 3.71. The highest BCUT2D eigenvalue weighted by molar-refractivity contribution is 5.60. The first-order valence-corrected chi connectivity index (χ1v) is 5.07. The summed E-state index contributed by atoms with van der Waals surface area (Å²) in [4.78, 5) is 8.19. The van der Waals surface area contributed by atoms with Gasteiger partial charge >= 0.3 is 0 Å². The highest BCUT2D eigenvalue weighted by atomic mass is 15.1. The van der Waals surface area contributed by atoms with E-state index >= 15 is 0 Å². The number of aryl methyl sites for hydroxylation is 1. The summed E-state index contributed by atoms with van der Waals surface area (Å²) in [7, 11) is 0. The molecular formula is C12H14N4. The van der Waals surface area contributed by atoms with E-state index in [0.29, 0.717) is 11.6 Å². The van der Waals surface area contributed by atoms with E-state index in [4.69, 9.17) is 5.73 Å². The third kappa shape index (κ3) is 2.11. The minimum absolute atomic E-state index is 0.558. The van der Waals surface area contributed by atoms with Crippen LogP contribution in [0, 0.1) is 13.8 Å². The SMILES string of the molecule is Cc1cccc(Nc2ncc(N)cn2)c1C. The summed E-state index contributed by atoms with van der Waals surface area (Å²) < 4.78 is 0. The number of rotatable bonds is 2. The minimum atomic E-state index is 0.558. The molecule has 82 valence electrons. The van der Waals surface area contributed by atoms with Crippen molar-refractivity contribution in [3.63, 3.8) is 0 Å². The Morgan fingerprint density at radius 1 is 1.12 bits per heavy atom. The zero-order valence-electron chi connectivity index (χ0n) is 9.36. The van der Waals surface area contributed by atoms with E-state index in [1.807, 2.05) is 12.1 Å². The standard InChI is InChI=1S/C12H14N4/c1-8-4-3-5-11(9(8)2)16-12-14-6-10(13)7-15-12/h3-7H,13H2,1-2H3,(H,14,15,16). The summed E-state index contributed by atoms with van der Waals surface area (Å²) in [5.41, 5.74) is 9.53. The normalized spacial score (nSPS) is 10.1. The number of nitrogens with two attached hydrogens (primary N) is 1. The molecular weight excluding hydrogens is 200 g/mol. The maximum atomic E-state index is 5.52. The van der Waals surface area contributed by atoms with Gasteiger partial charge < -0.3 is 11.1 Å². The molecule has 1 aromatic carbocycles. The molecule has 4 nitrogen and oxygen atoms in total. The van der Waals surface area contributed by atoms with Gasteiger partial charge in [0.05, 0.1) is 18.1 Å². The van der Waals surface area contributed by atoms with Crippen molar-refractivity contribution >= 4 is 17.3 Å². The molecule has 0 radical (unpaired) electrons.